The second-order valence-corrected chi connectivity index (χ2v) is 8.27. The number of carbonyl (C=O) groups excluding carboxylic acids is 1. The van der Waals surface area contributed by atoms with Gasteiger partial charge >= 0.3 is 0 Å². The summed E-state index contributed by atoms with van der Waals surface area (Å²) in [7, 11) is 2.12. The maximum absolute atomic E-state index is 12.3. The molecule has 1 unspecified atom stereocenters. The van der Waals surface area contributed by atoms with Gasteiger partial charge in [0.1, 0.15) is 7.85 Å². The largest absolute Gasteiger partial charge is 0.376 e. The molecule has 2 aliphatic rings. The molecule has 0 aliphatic carbocycles. The maximum atomic E-state index is 12.3. The van der Waals surface area contributed by atoms with E-state index in [1.807, 2.05) is 0 Å². The lowest BCUT2D eigenvalue weighted by Gasteiger charge is -2.63. The molecule has 0 radical (unpaired) electrons. The number of carbonyl (C=O) groups is 1. The number of nitrogens with one attached hydrogen (secondary N) is 1. The molecule has 0 aromatic heterocycles. The quantitative estimate of drug-likeness (QED) is 0.426. The topological polar surface area (TPSA) is 78.8 Å². The molecule has 0 bridgehead atoms. The molecule has 2 saturated heterocycles. The fraction of sp³-hybridized carbons (Fsp3) is 0.929. The van der Waals surface area contributed by atoms with Crippen LogP contribution in [-0.2, 0) is 9.53 Å². The van der Waals surface area contributed by atoms with E-state index in [-0.39, 0.29) is 10.7 Å². The molecule has 6 heteroatoms. The molecule has 1 amide bonds. The highest BCUT2D eigenvalue weighted by atomic mass is 16.5. The van der Waals surface area contributed by atoms with Crippen molar-refractivity contribution < 1.29 is 19.7 Å². The Kier molecular flexibility index (Phi) is 3.15. The molecule has 1 spiro atoms. The molecule has 1 atom stereocenters. The standard InChI is InChI=1S/C14H26BNO4/c1-10(2)6-11(3,4)14(18,19)9(17)16-13(7-20-8-13)12(10,5)15/h18-19H,6-8,15H2,1-5H3,(H,16,17). The normalized spacial score (nSPS) is 37.5. The van der Waals surface area contributed by atoms with Gasteiger partial charge in [-0.2, -0.15) is 0 Å². The molecule has 0 aromatic rings. The van der Waals surface area contributed by atoms with E-state index in [0.29, 0.717) is 19.6 Å². The van der Waals surface area contributed by atoms with Crippen LogP contribution in [0.25, 0.3) is 0 Å². The van der Waals surface area contributed by atoms with Crippen LogP contribution in [0.3, 0.4) is 0 Å². The van der Waals surface area contributed by atoms with E-state index < -0.39 is 22.6 Å². The first-order valence-corrected chi connectivity index (χ1v) is 7.14. The fourth-order valence-electron chi connectivity index (χ4n) is 3.60. The molecule has 2 heterocycles. The third-order valence-electron chi connectivity index (χ3n) is 6.08. The van der Waals surface area contributed by atoms with Gasteiger partial charge in [0.15, 0.2) is 0 Å². The summed E-state index contributed by atoms with van der Waals surface area (Å²) in [6.45, 7) is 10.6. The highest BCUT2D eigenvalue weighted by Gasteiger charge is 2.64. The molecule has 3 N–H and O–H groups in total. The van der Waals surface area contributed by atoms with E-state index in [2.05, 4.69) is 33.9 Å². The Labute approximate surface area is 121 Å². The van der Waals surface area contributed by atoms with Gasteiger partial charge in [0.2, 0.25) is 5.79 Å². The molecule has 2 rings (SSSR count). The maximum Gasteiger partial charge on any atom is 0.281 e. The van der Waals surface area contributed by atoms with Gasteiger partial charge in [-0.25, -0.2) is 0 Å². The van der Waals surface area contributed by atoms with Crippen molar-refractivity contribution in [2.45, 2.75) is 57.7 Å². The summed E-state index contributed by atoms with van der Waals surface area (Å²) < 4.78 is 5.33. The Bertz CT molecular complexity index is 438. The lowest BCUT2D eigenvalue weighted by Crippen LogP contribution is -2.76. The highest BCUT2D eigenvalue weighted by molar-refractivity contribution is 6.17. The number of amides is 1. The smallest absolute Gasteiger partial charge is 0.281 e. The van der Waals surface area contributed by atoms with E-state index in [0.717, 1.165) is 0 Å². The first-order valence-electron chi connectivity index (χ1n) is 7.14. The van der Waals surface area contributed by atoms with Crippen LogP contribution in [0.5, 0.6) is 0 Å². The first kappa shape index (κ1) is 15.8. The van der Waals surface area contributed by atoms with E-state index in [9.17, 15) is 15.0 Å². The second-order valence-electron chi connectivity index (χ2n) is 8.27. The van der Waals surface area contributed by atoms with E-state index in [1.54, 1.807) is 13.8 Å². The number of hydrogen-bond acceptors (Lipinski definition) is 4. The predicted molar refractivity (Wildman–Crippen MR) is 78.0 cm³/mol. The van der Waals surface area contributed by atoms with Crippen molar-refractivity contribution in [3.8, 4) is 0 Å². The third-order valence-corrected chi connectivity index (χ3v) is 6.08. The Morgan fingerprint density at radius 1 is 1.10 bits per heavy atom. The Hall–Kier alpha value is -0.585. The first-order chi connectivity index (χ1) is 8.79. The van der Waals surface area contributed by atoms with Crippen LogP contribution in [0.15, 0.2) is 0 Å². The van der Waals surface area contributed by atoms with Gasteiger partial charge in [-0.3, -0.25) is 4.79 Å². The van der Waals surface area contributed by atoms with Crippen molar-refractivity contribution in [3.63, 3.8) is 0 Å². The van der Waals surface area contributed by atoms with E-state index in [1.165, 1.54) is 0 Å². The Morgan fingerprint density at radius 2 is 1.60 bits per heavy atom. The molecule has 5 nitrogen and oxygen atoms in total. The third kappa shape index (κ3) is 1.78. The van der Waals surface area contributed by atoms with Crippen LogP contribution >= 0.6 is 0 Å². The molecule has 114 valence electrons. The molecule has 20 heavy (non-hydrogen) atoms. The van der Waals surface area contributed by atoms with Crippen LogP contribution in [0, 0.1) is 10.8 Å². The van der Waals surface area contributed by atoms with Crippen LogP contribution in [0.2, 0.25) is 5.31 Å². The summed E-state index contributed by atoms with van der Waals surface area (Å²) in [5, 5.41) is 23.3. The number of hydrogen-bond donors (Lipinski definition) is 3. The minimum atomic E-state index is -2.39. The van der Waals surface area contributed by atoms with Crippen molar-refractivity contribution >= 4 is 13.8 Å². The van der Waals surface area contributed by atoms with Gasteiger partial charge in [0, 0.05) is 5.41 Å². The highest BCUT2D eigenvalue weighted by Crippen LogP contribution is 2.60. The molecule has 0 saturated carbocycles. The lowest BCUT2D eigenvalue weighted by atomic mass is 9.42. The van der Waals surface area contributed by atoms with Crippen LogP contribution < -0.4 is 5.32 Å². The van der Waals surface area contributed by atoms with E-state index in [4.69, 9.17) is 4.74 Å². The lowest BCUT2D eigenvalue weighted by molar-refractivity contribution is -0.249. The fourth-order valence-corrected chi connectivity index (χ4v) is 3.60. The van der Waals surface area contributed by atoms with E-state index >= 15 is 0 Å². The molecule has 2 aliphatic heterocycles. The predicted octanol–water partition coefficient (Wildman–Crippen LogP) is -0.180. The Morgan fingerprint density at radius 3 is 2.00 bits per heavy atom. The molecule has 2 fully saturated rings. The van der Waals surface area contributed by atoms with Crippen LogP contribution in [0.4, 0.5) is 0 Å². The summed E-state index contributed by atoms with van der Waals surface area (Å²) in [6, 6.07) is 0. The van der Waals surface area contributed by atoms with Crippen LogP contribution in [-0.4, -0.2) is 48.5 Å². The van der Waals surface area contributed by atoms with Gasteiger partial charge in [0.05, 0.1) is 18.8 Å². The summed E-state index contributed by atoms with van der Waals surface area (Å²) in [5.41, 5.74) is -1.68. The molecular formula is C14H26BNO4. The Balaban J connectivity index is 2.54. The minimum absolute atomic E-state index is 0.204. The van der Waals surface area contributed by atoms with Crippen molar-refractivity contribution in [1.82, 2.24) is 5.32 Å². The van der Waals surface area contributed by atoms with Crippen molar-refractivity contribution in [3.05, 3.63) is 0 Å². The minimum Gasteiger partial charge on any atom is -0.376 e. The summed E-state index contributed by atoms with van der Waals surface area (Å²) in [6.07, 6.45) is 0.523. The summed E-state index contributed by atoms with van der Waals surface area (Å²) in [5.74, 6) is -3.11. The second kappa shape index (κ2) is 3.99. The molecular weight excluding hydrogens is 257 g/mol. The number of rotatable bonds is 0. The zero-order valence-electron chi connectivity index (χ0n) is 13.3. The average Bonchev–Trinajstić information content (AvgIpc) is 2.19. The zero-order valence-corrected chi connectivity index (χ0v) is 13.3. The van der Waals surface area contributed by atoms with Crippen molar-refractivity contribution in [1.29, 1.82) is 0 Å². The van der Waals surface area contributed by atoms with Gasteiger partial charge in [0.25, 0.3) is 5.91 Å². The van der Waals surface area contributed by atoms with Gasteiger partial charge in [-0.15, -0.1) is 0 Å². The molecule has 0 aromatic carbocycles. The zero-order chi connectivity index (χ0) is 15.6. The number of ether oxygens (including phenoxy) is 1. The summed E-state index contributed by atoms with van der Waals surface area (Å²) in [4.78, 5) is 12.3. The van der Waals surface area contributed by atoms with Crippen LogP contribution in [0.1, 0.15) is 41.0 Å². The monoisotopic (exact) mass is 283 g/mol. The van der Waals surface area contributed by atoms with Gasteiger partial charge in [-0.05, 0) is 17.2 Å². The summed E-state index contributed by atoms with van der Waals surface area (Å²) >= 11 is 0. The van der Waals surface area contributed by atoms with Gasteiger partial charge in [-0.1, -0.05) is 34.6 Å². The number of aliphatic hydroxyl groups is 2. The SMILES string of the molecule is BC1(C)C(C)(C)CC(C)(C)C(O)(O)C(=O)NC12COC2. The van der Waals surface area contributed by atoms with Crippen molar-refractivity contribution in [2.75, 3.05) is 13.2 Å². The van der Waals surface area contributed by atoms with Gasteiger partial charge < -0.3 is 20.3 Å². The average molecular weight is 283 g/mol. The van der Waals surface area contributed by atoms with Crippen molar-refractivity contribution in [2.24, 2.45) is 10.8 Å².